The highest BCUT2D eigenvalue weighted by Crippen LogP contribution is 2.34. The molecule has 0 spiro atoms. The number of nitrogens with zero attached hydrogens (tertiary/aromatic N) is 1. The van der Waals surface area contributed by atoms with Crippen molar-refractivity contribution in [1.29, 1.82) is 0 Å². The van der Waals surface area contributed by atoms with Crippen LogP contribution in [0.2, 0.25) is 0 Å². The van der Waals surface area contributed by atoms with E-state index in [1.54, 1.807) is 30.3 Å². The quantitative estimate of drug-likeness (QED) is 0.315. The van der Waals surface area contributed by atoms with Gasteiger partial charge in [0, 0.05) is 11.3 Å². The Hall–Kier alpha value is -4.36. The summed E-state index contributed by atoms with van der Waals surface area (Å²) in [5.74, 6) is -0.347. The molecule has 1 aliphatic rings. The number of para-hydroxylation sites is 2. The Kier molecular flexibility index (Phi) is 6.82. The van der Waals surface area contributed by atoms with E-state index in [2.05, 4.69) is 29.6 Å². The molecule has 178 valence electrons. The fourth-order valence-electron chi connectivity index (χ4n) is 3.86. The highest BCUT2D eigenvalue weighted by Gasteiger charge is 2.36. The minimum absolute atomic E-state index is 0.245. The summed E-state index contributed by atoms with van der Waals surface area (Å²) in [5, 5.41) is 4.51. The average Bonchev–Trinajstić information content (AvgIpc) is 3.16. The molecule has 4 aromatic carbocycles. The van der Waals surface area contributed by atoms with Crippen LogP contribution in [0.1, 0.15) is 11.1 Å². The molecule has 0 saturated carbocycles. The number of benzene rings is 4. The third-order valence-electron chi connectivity index (χ3n) is 5.65. The van der Waals surface area contributed by atoms with Crippen LogP contribution < -0.4 is 10.1 Å². The van der Waals surface area contributed by atoms with Gasteiger partial charge in [-0.25, -0.2) is 0 Å². The van der Waals surface area contributed by atoms with Crippen molar-refractivity contribution in [2.45, 2.75) is 6.61 Å². The Morgan fingerprint density at radius 3 is 2.42 bits per heavy atom. The lowest BCUT2D eigenvalue weighted by molar-refractivity contribution is -0.127. The first-order chi connectivity index (χ1) is 17.6. The Balaban J connectivity index is 1.28. The number of rotatable bonds is 7. The number of carbonyl (C=O) groups excluding carboxylic acids is 3. The van der Waals surface area contributed by atoms with Gasteiger partial charge in [0.25, 0.3) is 11.1 Å². The van der Waals surface area contributed by atoms with E-state index in [0.29, 0.717) is 23.6 Å². The van der Waals surface area contributed by atoms with Gasteiger partial charge in [0.2, 0.25) is 5.91 Å². The van der Waals surface area contributed by atoms with Crippen LogP contribution >= 0.6 is 11.8 Å². The van der Waals surface area contributed by atoms with Gasteiger partial charge in [0.1, 0.15) is 18.9 Å². The molecule has 1 saturated heterocycles. The van der Waals surface area contributed by atoms with Crippen molar-refractivity contribution in [1.82, 2.24) is 4.90 Å². The molecule has 0 atom stereocenters. The summed E-state index contributed by atoms with van der Waals surface area (Å²) in [6.45, 7) is 0.00777. The van der Waals surface area contributed by atoms with Gasteiger partial charge in [-0.1, -0.05) is 72.8 Å². The Bertz CT molecular complexity index is 1480. The van der Waals surface area contributed by atoms with Crippen molar-refractivity contribution in [3.8, 4) is 5.75 Å². The van der Waals surface area contributed by atoms with E-state index in [-0.39, 0.29) is 11.4 Å². The molecule has 6 nitrogen and oxygen atoms in total. The molecule has 36 heavy (non-hydrogen) atoms. The van der Waals surface area contributed by atoms with Crippen molar-refractivity contribution in [2.75, 3.05) is 11.9 Å². The van der Waals surface area contributed by atoms with Gasteiger partial charge in [-0.05, 0) is 58.4 Å². The van der Waals surface area contributed by atoms with E-state index in [4.69, 9.17) is 4.74 Å². The lowest BCUT2D eigenvalue weighted by atomic mass is 10.1. The third kappa shape index (κ3) is 5.31. The number of hydrogen-bond acceptors (Lipinski definition) is 5. The first-order valence-electron chi connectivity index (χ1n) is 11.4. The molecule has 0 aromatic heterocycles. The van der Waals surface area contributed by atoms with E-state index in [1.807, 2.05) is 48.5 Å². The summed E-state index contributed by atoms with van der Waals surface area (Å²) < 4.78 is 6.07. The van der Waals surface area contributed by atoms with Crippen LogP contribution in [-0.4, -0.2) is 28.5 Å². The summed E-state index contributed by atoms with van der Waals surface area (Å²) in [6.07, 6.45) is 1.63. The highest BCUT2D eigenvalue weighted by atomic mass is 32.2. The molecule has 3 amide bonds. The largest absolute Gasteiger partial charge is 0.488 e. The summed E-state index contributed by atoms with van der Waals surface area (Å²) in [6, 6.07) is 30.5. The number of amides is 3. The number of thioether (sulfide) groups is 1. The molecule has 7 heteroatoms. The number of fused-ring (bicyclic) bond motifs is 1. The van der Waals surface area contributed by atoms with Crippen LogP contribution in [0.15, 0.2) is 102 Å². The van der Waals surface area contributed by atoms with E-state index in [9.17, 15) is 14.4 Å². The van der Waals surface area contributed by atoms with Crippen LogP contribution in [0, 0.1) is 0 Å². The van der Waals surface area contributed by atoms with E-state index < -0.39 is 17.1 Å². The number of ether oxygens (including phenoxy) is 1. The molecule has 1 N–H and O–H groups in total. The van der Waals surface area contributed by atoms with E-state index >= 15 is 0 Å². The summed E-state index contributed by atoms with van der Waals surface area (Å²) in [7, 11) is 0. The molecule has 1 fully saturated rings. The average molecular weight is 495 g/mol. The smallest absolute Gasteiger partial charge is 0.294 e. The molecule has 0 aliphatic carbocycles. The lowest BCUT2D eigenvalue weighted by Gasteiger charge is -2.12. The lowest BCUT2D eigenvalue weighted by Crippen LogP contribution is -2.36. The van der Waals surface area contributed by atoms with Gasteiger partial charge in [0.05, 0.1) is 4.91 Å². The number of carbonyl (C=O) groups is 3. The topological polar surface area (TPSA) is 75.7 Å². The normalized spacial score (nSPS) is 14.4. The van der Waals surface area contributed by atoms with Gasteiger partial charge in [-0.3, -0.25) is 19.3 Å². The van der Waals surface area contributed by atoms with Crippen LogP contribution in [0.3, 0.4) is 0 Å². The molecule has 1 aliphatic heterocycles. The minimum atomic E-state index is -0.502. The van der Waals surface area contributed by atoms with Gasteiger partial charge in [-0.2, -0.15) is 0 Å². The zero-order valence-corrected chi connectivity index (χ0v) is 20.0. The first-order valence-corrected chi connectivity index (χ1v) is 12.2. The molecule has 0 radical (unpaired) electrons. The highest BCUT2D eigenvalue weighted by molar-refractivity contribution is 8.18. The number of hydrogen-bond donors (Lipinski definition) is 1. The molecule has 1 heterocycles. The first kappa shape index (κ1) is 23.4. The summed E-state index contributed by atoms with van der Waals surface area (Å²) >= 11 is 0.812. The van der Waals surface area contributed by atoms with Crippen molar-refractivity contribution in [3.05, 3.63) is 113 Å². The fraction of sp³-hybridized carbons (Fsp3) is 0.0690. The van der Waals surface area contributed by atoms with Gasteiger partial charge >= 0.3 is 0 Å². The number of anilines is 1. The third-order valence-corrected chi connectivity index (χ3v) is 6.55. The van der Waals surface area contributed by atoms with Crippen molar-refractivity contribution >= 4 is 51.4 Å². The van der Waals surface area contributed by atoms with Gasteiger partial charge in [-0.15, -0.1) is 0 Å². The van der Waals surface area contributed by atoms with Crippen LogP contribution in [0.25, 0.3) is 16.8 Å². The molecule has 4 aromatic rings. The van der Waals surface area contributed by atoms with Gasteiger partial charge in [0.15, 0.2) is 0 Å². The van der Waals surface area contributed by atoms with Crippen LogP contribution in [0.5, 0.6) is 5.75 Å². The maximum absolute atomic E-state index is 12.9. The second kappa shape index (κ2) is 10.5. The van der Waals surface area contributed by atoms with Crippen molar-refractivity contribution < 1.29 is 19.1 Å². The Morgan fingerprint density at radius 2 is 1.58 bits per heavy atom. The second-order valence-corrected chi connectivity index (χ2v) is 9.18. The summed E-state index contributed by atoms with van der Waals surface area (Å²) in [4.78, 5) is 39.0. The zero-order valence-electron chi connectivity index (χ0n) is 19.2. The molecule has 0 unspecified atom stereocenters. The Labute approximate surface area is 212 Å². The minimum Gasteiger partial charge on any atom is -0.488 e. The maximum Gasteiger partial charge on any atom is 0.294 e. The molecular weight excluding hydrogens is 472 g/mol. The molecular formula is C29H22N2O4S. The Morgan fingerprint density at radius 1 is 0.861 bits per heavy atom. The number of imide groups is 1. The molecule has 0 bridgehead atoms. The van der Waals surface area contributed by atoms with E-state index in [1.165, 1.54) is 0 Å². The standard InChI is InChI=1S/C29H22N2O4S/c32-27(30-24-11-2-1-3-12-24)18-31-28(33)26(36-29(31)34)17-23-10-6-7-13-25(23)35-19-20-14-15-21-8-4-5-9-22(21)16-20/h1-17H,18-19H2,(H,30,32)/b26-17-. The predicted octanol–water partition coefficient (Wildman–Crippen LogP) is 6.09. The second-order valence-electron chi connectivity index (χ2n) is 8.19. The van der Waals surface area contributed by atoms with E-state index in [0.717, 1.165) is 33.0 Å². The maximum atomic E-state index is 12.9. The number of nitrogens with one attached hydrogen (secondary N) is 1. The van der Waals surface area contributed by atoms with Crippen LogP contribution in [-0.2, 0) is 16.2 Å². The van der Waals surface area contributed by atoms with Crippen molar-refractivity contribution in [2.24, 2.45) is 0 Å². The fourth-order valence-corrected chi connectivity index (χ4v) is 4.69. The monoisotopic (exact) mass is 494 g/mol. The molecule has 5 rings (SSSR count). The SMILES string of the molecule is O=C(CN1C(=O)S/C(=C\c2ccccc2OCc2ccc3ccccc3c2)C1=O)Nc1ccccc1. The zero-order chi connectivity index (χ0) is 24.9. The van der Waals surface area contributed by atoms with Gasteiger partial charge < -0.3 is 10.1 Å². The predicted molar refractivity (Wildman–Crippen MR) is 142 cm³/mol. The van der Waals surface area contributed by atoms with Crippen LogP contribution in [0.4, 0.5) is 10.5 Å². The summed E-state index contributed by atoms with van der Waals surface area (Å²) in [5.41, 5.74) is 2.30. The van der Waals surface area contributed by atoms with Crippen molar-refractivity contribution in [3.63, 3.8) is 0 Å².